The molecule has 150 valence electrons. The predicted octanol–water partition coefficient (Wildman–Crippen LogP) is 4.17. The van der Waals surface area contributed by atoms with E-state index in [9.17, 15) is 9.59 Å². The number of hydrogen-bond donors (Lipinski definition) is 2. The lowest BCUT2D eigenvalue weighted by molar-refractivity contribution is -0.123. The van der Waals surface area contributed by atoms with Gasteiger partial charge in [-0.05, 0) is 49.2 Å². The summed E-state index contributed by atoms with van der Waals surface area (Å²) >= 11 is 3.41. The van der Waals surface area contributed by atoms with E-state index in [1.807, 2.05) is 19.1 Å². The number of carbonyl (C=O) groups is 2. The Kier molecular flexibility index (Phi) is 8.81. The Hall–Kier alpha value is -2.54. The van der Waals surface area contributed by atoms with Gasteiger partial charge in [0, 0.05) is 4.47 Å². The molecule has 7 heteroatoms. The minimum atomic E-state index is -0.463. The molecule has 6 nitrogen and oxygen atoms in total. The van der Waals surface area contributed by atoms with Crippen molar-refractivity contribution in [2.45, 2.75) is 33.1 Å². The number of hydrazine groups is 1. The van der Waals surface area contributed by atoms with Crippen LogP contribution in [0, 0.1) is 6.92 Å². The molecule has 2 rings (SSSR count). The molecule has 0 atom stereocenters. The second kappa shape index (κ2) is 11.3. The topological polar surface area (TPSA) is 76.7 Å². The molecule has 2 aromatic rings. The minimum Gasteiger partial charge on any atom is -0.493 e. The highest BCUT2D eigenvalue weighted by Gasteiger charge is 2.13. The van der Waals surface area contributed by atoms with Crippen molar-refractivity contribution < 1.29 is 19.1 Å². The lowest BCUT2D eigenvalue weighted by atomic mass is 10.2. The molecule has 0 aliphatic heterocycles. The second-order valence-corrected chi connectivity index (χ2v) is 7.11. The SMILES string of the molecule is CCCCCOc1ccccc1C(=O)NNC(=O)COc1ccc(Br)c(C)c1. The molecule has 2 amide bonds. The third kappa shape index (κ3) is 6.88. The van der Waals surface area contributed by atoms with E-state index in [1.165, 1.54) is 0 Å². The quantitative estimate of drug-likeness (QED) is 0.445. The summed E-state index contributed by atoms with van der Waals surface area (Å²) in [5.41, 5.74) is 6.11. The van der Waals surface area contributed by atoms with Gasteiger partial charge in [0.05, 0.1) is 12.2 Å². The highest BCUT2D eigenvalue weighted by atomic mass is 79.9. The average Bonchev–Trinajstić information content (AvgIpc) is 2.70. The van der Waals surface area contributed by atoms with E-state index in [0.717, 1.165) is 29.3 Å². The van der Waals surface area contributed by atoms with Crippen LogP contribution in [0.3, 0.4) is 0 Å². The molecular formula is C21H25BrN2O4. The number of amides is 2. The number of carbonyl (C=O) groups excluding carboxylic acids is 2. The van der Waals surface area contributed by atoms with Gasteiger partial charge in [-0.1, -0.05) is 47.8 Å². The fourth-order valence-corrected chi connectivity index (χ4v) is 2.65. The molecule has 0 radical (unpaired) electrons. The molecule has 0 saturated heterocycles. The number of unbranched alkanes of at least 4 members (excludes halogenated alkanes) is 2. The van der Waals surface area contributed by atoms with Crippen LogP contribution in [0.2, 0.25) is 0 Å². The zero-order valence-electron chi connectivity index (χ0n) is 16.1. The van der Waals surface area contributed by atoms with Gasteiger partial charge in [0.1, 0.15) is 11.5 Å². The lowest BCUT2D eigenvalue weighted by Gasteiger charge is -2.12. The van der Waals surface area contributed by atoms with Gasteiger partial charge in [0.2, 0.25) is 0 Å². The standard InChI is InChI=1S/C21H25BrN2O4/c1-3-4-7-12-27-19-9-6-5-8-17(19)21(26)24-23-20(25)14-28-16-10-11-18(22)15(2)13-16/h5-6,8-11,13H,3-4,7,12,14H2,1-2H3,(H,23,25)(H,24,26). The van der Waals surface area contributed by atoms with Crippen LogP contribution in [-0.4, -0.2) is 25.0 Å². The Morgan fingerprint density at radius 2 is 1.82 bits per heavy atom. The first-order valence-electron chi connectivity index (χ1n) is 9.21. The molecule has 0 aliphatic rings. The number of ether oxygens (including phenoxy) is 2. The number of aryl methyl sites for hydroxylation is 1. The first-order valence-corrected chi connectivity index (χ1v) is 10.0. The summed E-state index contributed by atoms with van der Waals surface area (Å²) in [6.45, 7) is 4.38. The number of benzene rings is 2. The highest BCUT2D eigenvalue weighted by molar-refractivity contribution is 9.10. The van der Waals surface area contributed by atoms with Crippen molar-refractivity contribution in [3.05, 3.63) is 58.1 Å². The molecule has 28 heavy (non-hydrogen) atoms. The number of para-hydroxylation sites is 1. The monoisotopic (exact) mass is 448 g/mol. The molecule has 0 heterocycles. The Labute approximate surface area is 173 Å². The maximum absolute atomic E-state index is 12.4. The van der Waals surface area contributed by atoms with E-state index in [4.69, 9.17) is 9.47 Å². The summed E-state index contributed by atoms with van der Waals surface area (Å²) in [7, 11) is 0. The number of halogens is 1. The van der Waals surface area contributed by atoms with Gasteiger partial charge in [-0.25, -0.2) is 0 Å². The Morgan fingerprint density at radius 1 is 1.04 bits per heavy atom. The molecule has 2 aromatic carbocycles. The fourth-order valence-electron chi connectivity index (χ4n) is 2.40. The van der Waals surface area contributed by atoms with E-state index in [-0.39, 0.29) is 6.61 Å². The van der Waals surface area contributed by atoms with E-state index >= 15 is 0 Å². The molecule has 0 aromatic heterocycles. The van der Waals surface area contributed by atoms with Crippen molar-refractivity contribution >= 4 is 27.7 Å². The van der Waals surface area contributed by atoms with E-state index in [1.54, 1.807) is 30.3 Å². The van der Waals surface area contributed by atoms with Gasteiger partial charge >= 0.3 is 0 Å². The summed E-state index contributed by atoms with van der Waals surface area (Å²) in [6, 6.07) is 12.4. The zero-order valence-corrected chi connectivity index (χ0v) is 17.7. The molecule has 0 bridgehead atoms. The number of rotatable bonds is 9. The molecule has 0 aliphatic carbocycles. The fraction of sp³-hybridized carbons (Fsp3) is 0.333. The molecular weight excluding hydrogens is 424 g/mol. The second-order valence-electron chi connectivity index (χ2n) is 6.25. The van der Waals surface area contributed by atoms with Crippen LogP contribution >= 0.6 is 15.9 Å². The maximum Gasteiger partial charge on any atom is 0.276 e. The van der Waals surface area contributed by atoms with Gasteiger partial charge in [-0.3, -0.25) is 20.4 Å². The van der Waals surface area contributed by atoms with Crippen LogP contribution in [0.25, 0.3) is 0 Å². The molecule has 0 unspecified atom stereocenters. The van der Waals surface area contributed by atoms with Gasteiger partial charge in [0.15, 0.2) is 6.61 Å². The van der Waals surface area contributed by atoms with Gasteiger partial charge in [-0.2, -0.15) is 0 Å². The lowest BCUT2D eigenvalue weighted by Crippen LogP contribution is -2.43. The van der Waals surface area contributed by atoms with Crippen molar-refractivity contribution in [3.8, 4) is 11.5 Å². The third-order valence-electron chi connectivity index (χ3n) is 3.95. The summed E-state index contributed by atoms with van der Waals surface area (Å²) in [5, 5.41) is 0. The first-order chi connectivity index (χ1) is 13.5. The van der Waals surface area contributed by atoms with Crippen LogP contribution in [0.15, 0.2) is 46.9 Å². The molecule has 0 fully saturated rings. The largest absolute Gasteiger partial charge is 0.493 e. The Balaban J connectivity index is 1.82. The summed E-state index contributed by atoms with van der Waals surface area (Å²) in [4.78, 5) is 24.3. The van der Waals surface area contributed by atoms with Gasteiger partial charge < -0.3 is 9.47 Å². The van der Waals surface area contributed by atoms with Crippen molar-refractivity contribution in [1.82, 2.24) is 10.9 Å². The van der Waals surface area contributed by atoms with Crippen molar-refractivity contribution in [2.75, 3.05) is 13.2 Å². The van der Waals surface area contributed by atoms with E-state index in [0.29, 0.717) is 23.7 Å². The number of nitrogens with one attached hydrogen (secondary N) is 2. The van der Waals surface area contributed by atoms with Gasteiger partial charge in [-0.15, -0.1) is 0 Å². The van der Waals surface area contributed by atoms with Crippen molar-refractivity contribution in [2.24, 2.45) is 0 Å². The smallest absolute Gasteiger partial charge is 0.276 e. The normalized spacial score (nSPS) is 10.2. The first kappa shape index (κ1) is 21.8. The zero-order chi connectivity index (χ0) is 20.4. The van der Waals surface area contributed by atoms with Crippen LogP contribution in [0.4, 0.5) is 0 Å². The van der Waals surface area contributed by atoms with Crippen molar-refractivity contribution in [1.29, 1.82) is 0 Å². The molecule has 0 spiro atoms. The minimum absolute atomic E-state index is 0.212. The Bertz CT molecular complexity index is 811. The van der Waals surface area contributed by atoms with Crippen molar-refractivity contribution in [3.63, 3.8) is 0 Å². The number of hydrogen-bond acceptors (Lipinski definition) is 4. The molecule has 0 saturated carbocycles. The highest BCUT2D eigenvalue weighted by Crippen LogP contribution is 2.21. The van der Waals surface area contributed by atoms with Crippen LogP contribution < -0.4 is 20.3 Å². The molecule has 2 N–H and O–H groups in total. The maximum atomic E-state index is 12.4. The summed E-state index contributed by atoms with van der Waals surface area (Å²) < 4.78 is 12.1. The third-order valence-corrected chi connectivity index (χ3v) is 4.84. The summed E-state index contributed by atoms with van der Waals surface area (Å²) in [6.07, 6.45) is 3.10. The van der Waals surface area contributed by atoms with E-state index in [2.05, 4.69) is 33.7 Å². The Morgan fingerprint density at radius 3 is 2.57 bits per heavy atom. The average molecular weight is 449 g/mol. The van der Waals surface area contributed by atoms with Gasteiger partial charge in [0.25, 0.3) is 11.8 Å². The van der Waals surface area contributed by atoms with E-state index < -0.39 is 11.8 Å². The summed E-state index contributed by atoms with van der Waals surface area (Å²) in [5.74, 6) is 0.161. The van der Waals surface area contributed by atoms with Crippen LogP contribution in [-0.2, 0) is 4.79 Å². The van der Waals surface area contributed by atoms with Crippen LogP contribution in [0.1, 0.15) is 42.1 Å². The predicted molar refractivity (Wildman–Crippen MR) is 111 cm³/mol. The van der Waals surface area contributed by atoms with Crippen LogP contribution in [0.5, 0.6) is 11.5 Å².